The molecule has 4 heteroatoms. The molecule has 0 saturated carbocycles. The average molecular weight is 275 g/mol. The molecule has 1 aromatic rings. The predicted molar refractivity (Wildman–Crippen MR) is 81.7 cm³/mol. The monoisotopic (exact) mass is 275 g/mol. The summed E-state index contributed by atoms with van der Waals surface area (Å²) in [6.45, 7) is 8.45. The van der Waals surface area contributed by atoms with Crippen molar-refractivity contribution in [2.24, 2.45) is 5.73 Å². The Morgan fingerprint density at radius 2 is 2.30 bits per heavy atom. The molecule has 1 unspecified atom stereocenters. The summed E-state index contributed by atoms with van der Waals surface area (Å²) in [7, 11) is 0. The van der Waals surface area contributed by atoms with Gasteiger partial charge in [-0.05, 0) is 56.1 Å². The van der Waals surface area contributed by atoms with Crippen molar-refractivity contribution >= 4 is 5.91 Å². The number of nitrogens with two attached hydrogens (primary N) is 1. The van der Waals surface area contributed by atoms with Crippen LogP contribution in [-0.4, -0.2) is 36.5 Å². The van der Waals surface area contributed by atoms with Crippen LogP contribution in [0.5, 0.6) is 0 Å². The lowest BCUT2D eigenvalue weighted by molar-refractivity contribution is 0.1000. The van der Waals surface area contributed by atoms with Crippen LogP contribution >= 0.6 is 0 Å². The number of hydrogen-bond donors (Lipinski definition) is 2. The van der Waals surface area contributed by atoms with Crippen LogP contribution in [0.3, 0.4) is 0 Å². The Balaban J connectivity index is 2.01. The number of likely N-dealkylation sites (N-methyl/N-ethyl adjacent to an activating group) is 1. The molecule has 1 heterocycles. The molecule has 3 N–H and O–H groups in total. The second-order valence-electron chi connectivity index (χ2n) is 5.63. The van der Waals surface area contributed by atoms with Crippen molar-refractivity contribution in [2.45, 2.75) is 39.3 Å². The van der Waals surface area contributed by atoms with Gasteiger partial charge in [0.2, 0.25) is 5.91 Å². The number of benzene rings is 1. The Hall–Kier alpha value is -1.39. The first-order chi connectivity index (χ1) is 9.60. The van der Waals surface area contributed by atoms with Gasteiger partial charge in [0.05, 0.1) is 0 Å². The van der Waals surface area contributed by atoms with Gasteiger partial charge in [-0.1, -0.05) is 13.0 Å². The largest absolute Gasteiger partial charge is 0.366 e. The van der Waals surface area contributed by atoms with Crippen LogP contribution < -0.4 is 11.1 Å². The van der Waals surface area contributed by atoms with Crippen LogP contribution in [0.25, 0.3) is 0 Å². The second kappa shape index (κ2) is 6.86. The van der Waals surface area contributed by atoms with Gasteiger partial charge in [-0.3, -0.25) is 9.69 Å². The van der Waals surface area contributed by atoms with Gasteiger partial charge in [-0.25, -0.2) is 0 Å². The number of nitrogens with zero attached hydrogens (tertiary/aromatic N) is 1. The quantitative estimate of drug-likeness (QED) is 0.830. The van der Waals surface area contributed by atoms with E-state index in [1.165, 1.54) is 18.4 Å². The van der Waals surface area contributed by atoms with Crippen LogP contribution in [0.4, 0.5) is 0 Å². The highest BCUT2D eigenvalue weighted by molar-refractivity contribution is 5.93. The number of carbonyl (C=O) groups excluding carboxylic acids is 1. The molecule has 0 spiro atoms. The van der Waals surface area contributed by atoms with Crippen LogP contribution in [0.15, 0.2) is 18.2 Å². The van der Waals surface area contributed by atoms with E-state index in [1.54, 1.807) is 0 Å². The van der Waals surface area contributed by atoms with E-state index in [2.05, 4.69) is 17.1 Å². The topological polar surface area (TPSA) is 58.4 Å². The van der Waals surface area contributed by atoms with Gasteiger partial charge in [0.25, 0.3) is 0 Å². The summed E-state index contributed by atoms with van der Waals surface area (Å²) in [6, 6.07) is 6.37. The lowest BCUT2D eigenvalue weighted by atomic mass is 10.0. The Bertz CT molecular complexity index is 467. The molecular formula is C16H25N3O. The maximum atomic E-state index is 11.2. The molecular weight excluding hydrogens is 250 g/mol. The second-order valence-corrected chi connectivity index (χ2v) is 5.63. The molecule has 1 aliphatic heterocycles. The van der Waals surface area contributed by atoms with Gasteiger partial charge in [-0.15, -0.1) is 0 Å². The number of rotatable bonds is 6. The molecule has 0 bridgehead atoms. The zero-order valence-electron chi connectivity index (χ0n) is 12.5. The van der Waals surface area contributed by atoms with Crippen LogP contribution in [0, 0.1) is 6.92 Å². The smallest absolute Gasteiger partial charge is 0.248 e. The zero-order chi connectivity index (χ0) is 14.5. The minimum absolute atomic E-state index is 0.359. The number of nitrogens with one attached hydrogen (secondary N) is 1. The summed E-state index contributed by atoms with van der Waals surface area (Å²) in [5.74, 6) is -0.359. The maximum Gasteiger partial charge on any atom is 0.248 e. The SMILES string of the molecule is CCN(Cc1ccc(C(N)=O)cc1C)CC1CCCN1. The normalized spacial score (nSPS) is 18.6. The van der Waals surface area contributed by atoms with Gasteiger partial charge < -0.3 is 11.1 Å². The van der Waals surface area contributed by atoms with Gasteiger partial charge in [0, 0.05) is 24.7 Å². The highest BCUT2D eigenvalue weighted by atomic mass is 16.1. The molecule has 20 heavy (non-hydrogen) atoms. The Labute approximate surface area is 121 Å². The molecule has 1 amide bonds. The number of amides is 1. The van der Waals surface area contributed by atoms with Crippen LogP contribution in [-0.2, 0) is 6.54 Å². The van der Waals surface area contributed by atoms with Crippen molar-refractivity contribution in [1.82, 2.24) is 10.2 Å². The fourth-order valence-corrected chi connectivity index (χ4v) is 2.80. The highest BCUT2D eigenvalue weighted by Crippen LogP contribution is 2.15. The first-order valence-corrected chi connectivity index (χ1v) is 7.45. The third-order valence-corrected chi connectivity index (χ3v) is 4.11. The first-order valence-electron chi connectivity index (χ1n) is 7.45. The molecule has 2 rings (SSSR count). The van der Waals surface area contributed by atoms with Gasteiger partial charge in [0.1, 0.15) is 0 Å². The molecule has 110 valence electrons. The van der Waals surface area contributed by atoms with Crippen molar-refractivity contribution < 1.29 is 4.79 Å². The van der Waals surface area contributed by atoms with E-state index in [0.717, 1.165) is 31.7 Å². The van der Waals surface area contributed by atoms with E-state index in [4.69, 9.17) is 5.73 Å². The molecule has 1 aromatic carbocycles. The fourth-order valence-electron chi connectivity index (χ4n) is 2.80. The summed E-state index contributed by atoms with van der Waals surface area (Å²) in [5.41, 5.74) is 8.31. The summed E-state index contributed by atoms with van der Waals surface area (Å²) in [6.07, 6.45) is 2.56. The number of hydrogen-bond acceptors (Lipinski definition) is 3. The standard InChI is InChI=1S/C16H25N3O/c1-3-19(11-15-5-4-8-18-15)10-14-7-6-13(16(17)20)9-12(14)2/h6-7,9,15,18H,3-5,8,10-11H2,1-2H3,(H2,17,20). The van der Waals surface area contributed by atoms with E-state index in [1.807, 2.05) is 25.1 Å². The number of aryl methyl sites for hydroxylation is 1. The van der Waals surface area contributed by atoms with E-state index in [9.17, 15) is 4.79 Å². The van der Waals surface area contributed by atoms with Crippen molar-refractivity contribution in [3.63, 3.8) is 0 Å². The first kappa shape index (κ1) is 15.0. The minimum Gasteiger partial charge on any atom is -0.366 e. The molecule has 1 aliphatic rings. The molecule has 1 atom stereocenters. The van der Waals surface area contributed by atoms with E-state index in [-0.39, 0.29) is 5.91 Å². The molecule has 1 fully saturated rings. The summed E-state index contributed by atoms with van der Waals surface area (Å²) < 4.78 is 0. The third kappa shape index (κ3) is 3.81. The Kier molecular flexibility index (Phi) is 5.15. The van der Waals surface area contributed by atoms with Crippen molar-refractivity contribution in [3.8, 4) is 0 Å². The summed E-state index contributed by atoms with van der Waals surface area (Å²) in [4.78, 5) is 13.6. The van der Waals surface area contributed by atoms with Gasteiger partial charge in [-0.2, -0.15) is 0 Å². The minimum atomic E-state index is -0.359. The van der Waals surface area contributed by atoms with Crippen LogP contribution in [0.2, 0.25) is 0 Å². The zero-order valence-corrected chi connectivity index (χ0v) is 12.5. The molecule has 0 aliphatic carbocycles. The fraction of sp³-hybridized carbons (Fsp3) is 0.562. The van der Waals surface area contributed by atoms with E-state index in [0.29, 0.717) is 11.6 Å². The lowest BCUT2D eigenvalue weighted by Crippen LogP contribution is -2.37. The lowest BCUT2D eigenvalue weighted by Gasteiger charge is -2.25. The van der Waals surface area contributed by atoms with Gasteiger partial charge >= 0.3 is 0 Å². The van der Waals surface area contributed by atoms with Crippen molar-refractivity contribution in [2.75, 3.05) is 19.6 Å². The van der Waals surface area contributed by atoms with E-state index >= 15 is 0 Å². The van der Waals surface area contributed by atoms with E-state index < -0.39 is 0 Å². The average Bonchev–Trinajstić information content (AvgIpc) is 2.92. The highest BCUT2D eigenvalue weighted by Gasteiger charge is 2.17. The third-order valence-electron chi connectivity index (χ3n) is 4.11. The molecule has 0 radical (unpaired) electrons. The molecule has 4 nitrogen and oxygen atoms in total. The predicted octanol–water partition coefficient (Wildman–Crippen LogP) is 1.67. The van der Waals surface area contributed by atoms with Crippen molar-refractivity contribution in [3.05, 3.63) is 34.9 Å². The maximum absolute atomic E-state index is 11.2. The Morgan fingerprint density at radius 1 is 1.50 bits per heavy atom. The summed E-state index contributed by atoms with van der Waals surface area (Å²) in [5, 5.41) is 3.54. The van der Waals surface area contributed by atoms with Crippen LogP contribution in [0.1, 0.15) is 41.3 Å². The number of carbonyl (C=O) groups is 1. The Morgan fingerprint density at radius 3 is 2.85 bits per heavy atom. The summed E-state index contributed by atoms with van der Waals surface area (Å²) >= 11 is 0. The van der Waals surface area contributed by atoms with Gasteiger partial charge in [0.15, 0.2) is 0 Å². The number of primary amides is 1. The van der Waals surface area contributed by atoms with Crippen molar-refractivity contribution in [1.29, 1.82) is 0 Å². The molecule has 0 aromatic heterocycles. The molecule has 1 saturated heterocycles.